The minimum atomic E-state index is -0.336. The van der Waals surface area contributed by atoms with E-state index in [0.717, 1.165) is 28.0 Å². The van der Waals surface area contributed by atoms with E-state index in [1.165, 1.54) is 4.88 Å². The van der Waals surface area contributed by atoms with Gasteiger partial charge in [0.1, 0.15) is 11.6 Å². The number of rotatable bonds is 5. The number of nitrogens with zero attached hydrogens (tertiary/aromatic N) is 1. The molecule has 0 saturated carbocycles. The maximum Gasteiger partial charge on any atom is 0.262 e. The first-order valence-corrected chi connectivity index (χ1v) is 8.84. The Kier molecular flexibility index (Phi) is 5.94. The highest BCUT2D eigenvalue weighted by Crippen LogP contribution is 2.21. The molecule has 2 aromatic rings. The lowest BCUT2D eigenvalue weighted by Gasteiger charge is -2.17. The van der Waals surface area contributed by atoms with Gasteiger partial charge in [0.05, 0.1) is 6.04 Å². The molecule has 1 atom stereocenters. The van der Waals surface area contributed by atoms with Gasteiger partial charge in [0, 0.05) is 9.75 Å². The highest BCUT2D eigenvalue weighted by molar-refractivity contribution is 7.12. The van der Waals surface area contributed by atoms with Crippen LogP contribution in [-0.2, 0) is 11.2 Å². The first-order valence-electron chi connectivity index (χ1n) is 8.03. The minimum absolute atomic E-state index is 0.136. The lowest BCUT2D eigenvalue weighted by Crippen LogP contribution is -2.28. The summed E-state index contributed by atoms with van der Waals surface area (Å²) >= 11 is 1.61. The third-order valence-electron chi connectivity index (χ3n) is 3.93. The van der Waals surface area contributed by atoms with Crippen LogP contribution < -0.4 is 5.32 Å². The third-order valence-corrected chi connectivity index (χ3v) is 5.11. The Balaban J connectivity index is 2.17. The van der Waals surface area contributed by atoms with Crippen molar-refractivity contribution in [2.24, 2.45) is 0 Å². The average molecular weight is 338 g/mol. The molecule has 0 bridgehead atoms. The summed E-state index contributed by atoms with van der Waals surface area (Å²) < 4.78 is 0. The van der Waals surface area contributed by atoms with Crippen LogP contribution in [0, 0.1) is 25.2 Å². The summed E-state index contributed by atoms with van der Waals surface area (Å²) in [5.41, 5.74) is 3.49. The van der Waals surface area contributed by atoms with Gasteiger partial charge in [0.2, 0.25) is 0 Å². The number of nitriles is 1. The van der Waals surface area contributed by atoms with Gasteiger partial charge >= 0.3 is 0 Å². The molecule has 3 nitrogen and oxygen atoms in total. The van der Waals surface area contributed by atoms with Crippen LogP contribution in [0.5, 0.6) is 0 Å². The number of aryl methyl sites for hydroxylation is 3. The maximum absolute atomic E-state index is 12.4. The number of thiophene rings is 1. The lowest BCUT2D eigenvalue weighted by molar-refractivity contribution is -0.117. The molecule has 0 fully saturated rings. The fraction of sp³-hybridized carbons (Fsp3) is 0.300. The van der Waals surface area contributed by atoms with Crippen molar-refractivity contribution < 1.29 is 4.79 Å². The van der Waals surface area contributed by atoms with Crippen molar-refractivity contribution in [1.29, 1.82) is 5.26 Å². The second-order valence-corrected chi connectivity index (χ2v) is 7.08. The Hall–Kier alpha value is -2.38. The molecule has 0 spiro atoms. The second kappa shape index (κ2) is 7.94. The molecule has 0 aliphatic heterocycles. The van der Waals surface area contributed by atoms with Crippen molar-refractivity contribution >= 4 is 23.3 Å². The number of nitrogens with one attached hydrogen (secondary N) is 1. The van der Waals surface area contributed by atoms with Gasteiger partial charge in [-0.2, -0.15) is 5.26 Å². The number of amides is 1. The predicted molar refractivity (Wildman–Crippen MR) is 99.8 cm³/mol. The summed E-state index contributed by atoms with van der Waals surface area (Å²) in [6.45, 7) is 8.08. The smallest absolute Gasteiger partial charge is 0.262 e. The third kappa shape index (κ3) is 4.33. The zero-order chi connectivity index (χ0) is 17.7. The minimum Gasteiger partial charge on any atom is -0.345 e. The summed E-state index contributed by atoms with van der Waals surface area (Å²) in [6, 6.07) is 12.0. The van der Waals surface area contributed by atoms with E-state index in [1.807, 2.05) is 45.0 Å². The molecule has 2 rings (SSSR count). The highest BCUT2D eigenvalue weighted by Gasteiger charge is 2.15. The summed E-state index contributed by atoms with van der Waals surface area (Å²) in [5, 5.41) is 12.3. The van der Waals surface area contributed by atoms with Crippen LogP contribution in [0.1, 0.15) is 46.3 Å². The Bertz CT molecular complexity index is 811. The van der Waals surface area contributed by atoms with E-state index in [1.54, 1.807) is 17.4 Å². The molecule has 4 heteroatoms. The SMILES string of the molecule is CCc1ccc(/C=C(\C#N)C(=O)NC(C)c2cc(C)ccc2C)s1. The van der Waals surface area contributed by atoms with Crippen LogP contribution in [0.2, 0.25) is 0 Å². The van der Waals surface area contributed by atoms with Gasteiger partial charge in [-0.3, -0.25) is 4.79 Å². The quantitative estimate of drug-likeness (QED) is 0.634. The first kappa shape index (κ1) is 18.0. The second-order valence-electron chi connectivity index (χ2n) is 5.88. The van der Waals surface area contributed by atoms with Crippen LogP contribution in [0.25, 0.3) is 6.08 Å². The van der Waals surface area contributed by atoms with Crippen molar-refractivity contribution in [2.45, 2.75) is 40.2 Å². The molecule has 1 heterocycles. The number of carbonyl (C=O) groups is 1. The van der Waals surface area contributed by atoms with Crippen molar-refractivity contribution in [3.05, 3.63) is 62.3 Å². The molecule has 1 unspecified atom stereocenters. The van der Waals surface area contributed by atoms with Gasteiger partial charge in [0.15, 0.2) is 0 Å². The van der Waals surface area contributed by atoms with E-state index >= 15 is 0 Å². The van der Waals surface area contributed by atoms with Crippen molar-refractivity contribution in [1.82, 2.24) is 5.32 Å². The van der Waals surface area contributed by atoms with Gasteiger partial charge in [-0.1, -0.05) is 30.7 Å². The fourth-order valence-corrected chi connectivity index (χ4v) is 3.43. The Morgan fingerprint density at radius 3 is 2.71 bits per heavy atom. The van der Waals surface area contributed by atoms with E-state index in [4.69, 9.17) is 0 Å². The molecule has 1 aromatic carbocycles. The zero-order valence-electron chi connectivity index (χ0n) is 14.5. The van der Waals surface area contributed by atoms with Crippen molar-refractivity contribution in [3.63, 3.8) is 0 Å². The van der Waals surface area contributed by atoms with Crippen LogP contribution in [-0.4, -0.2) is 5.91 Å². The molecule has 1 N–H and O–H groups in total. The number of hydrogen-bond donors (Lipinski definition) is 1. The highest BCUT2D eigenvalue weighted by atomic mass is 32.1. The number of carbonyl (C=O) groups excluding carboxylic acids is 1. The molecule has 1 amide bonds. The topological polar surface area (TPSA) is 52.9 Å². The zero-order valence-corrected chi connectivity index (χ0v) is 15.3. The molecule has 0 aliphatic carbocycles. The molecule has 0 aliphatic rings. The van der Waals surface area contributed by atoms with Crippen LogP contribution in [0.4, 0.5) is 0 Å². The molecular weight excluding hydrogens is 316 g/mol. The van der Waals surface area contributed by atoms with Gasteiger partial charge in [-0.05, 0) is 56.5 Å². The van der Waals surface area contributed by atoms with Gasteiger partial charge in [-0.25, -0.2) is 0 Å². The Morgan fingerprint density at radius 1 is 1.33 bits per heavy atom. The molecular formula is C20H22N2OS. The van der Waals surface area contributed by atoms with Crippen LogP contribution in [0.3, 0.4) is 0 Å². The van der Waals surface area contributed by atoms with E-state index in [2.05, 4.69) is 24.4 Å². The van der Waals surface area contributed by atoms with Gasteiger partial charge in [-0.15, -0.1) is 11.3 Å². The average Bonchev–Trinajstić information content (AvgIpc) is 3.02. The molecule has 0 saturated heterocycles. The fourth-order valence-electron chi connectivity index (χ4n) is 2.53. The normalized spacial score (nSPS) is 12.5. The Morgan fingerprint density at radius 2 is 2.08 bits per heavy atom. The monoisotopic (exact) mass is 338 g/mol. The summed E-state index contributed by atoms with van der Waals surface area (Å²) in [7, 11) is 0. The Labute approximate surface area is 147 Å². The van der Waals surface area contributed by atoms with E-state index < -0.39 is 0 Å². The summed E-state index contributed by atoms with van der Waals surface area (Å²) in [6.07, 6.45) is 2.62. The number of hydrogen-bond acceptors (Lipinski definition) is 3. The van der Waals surface area contributed by atoms with Crippen molar-refractivity contribution in [3.8, 4) is 6.07 Å². The summed E-state index contributed by atoms with van der Waals surface area (Å²) in [5.74, 6) is -0.336. The van der Waals surface area contributed by atoms with Gasteiger partial charge in [0.25, 0.3) is 5.91 Å². The van der Waals surface area contributed by atoms with E-state index in [0.29, 0.717) is 0 Å². The van der Waals surface area contributed by atoms with Crippen LogP contribution in [0.15, 0.2) is 35.9 Å². The molecule has 124 valence electrons. The molecule has 1 aromatic heterocycles. The maximum atomic E-state index is 12.4. The lowest BCUT2D eigenvalue weighted by atomic mass is 10.00. The molecule has 0 radical (unpaired) electrons. The number of benzene rings is 1. The van der Waals surface area contributed by atoms with Crippen LogP contribution >= 0.6 is 11.3 Å². The standard InChI is InChI=1S/C20H22N2OS/c1-5-17-8-9-18(24-17)11-16(12-21)20(23)22-15(4)19-10-13(2)6-7-14(19)3/h6-11,15H,5H2,1-4H3,(H,22,23)/b16-11+. The van der Waals surface area contributed by atoms with Gasteiger partial charge < -0.3 is 5.32 Å². The van der Waals surface area contributed by atoms with E-state index in [-0.39, 0.29) is 17.5 Å². The predicted octanol–water partition coefficient (Wildman–Crippen LogP) is 4.71. The first-order chi connectivity index (χ1) is 11.4. The largest absolute Gasteiger partial charge is 0.345 e. The molecule has 24 heavy (non-hydrogen) atoms. The summed E-state index contributed by atoms with van der Waals surface area (Å²) in [4.78, 5) is 14.6. The van der Waals surface area contributed by atoms with Crippen molar-refractivity contribution in [2.75, 3.05) is 0 Å². The van der Waals surface area contributed by atoms with E-state index in [9.17, 15) is 10.1 Å².